The van der Waals surface area contributed by atoms with E-state index in [-0.39, 0.29) is 0 Å². The first-order valence-electron chi connectivity index (χ1n) is 6.41. The van der Waals surface area contributed by atoms with Gasteiger partial charge in [-0.1, -0.05) is 25.7 Å². The molecule has 1 aliphatic rings. The Morgan fingerprint density at radius 3 is 2.29 bits per heavy atom. The molecule has 0 aromatic carbocycles. The predicted octanol–water partition coefficient (Wildman–Crippen LogP) is 3.37. The first kappa shape index (κ1) is 12.6. The van der Waals surface area contributed by atoms with Crippen LogP contribution in [-0.4, -0.2) is 23.1 Å². The molecule has 1 heterocycles. The molecule has 0 spiro atoms. The van der Waals surface area contributed by atoms with E-state index in [9.17, 15) is 0 Å². The molecule has 1 aliphatic carbocycles. The van der Waals surface area contributed by atoms with Gasteiger partial charge in [-0.05, 0) is 12.8 Å². The topological polar surface area (TPSA) is 29.0 Å². The van der Waals surface area contributed by atoms with E-state index >= 15 is 0 Å². The highest BCUT2D eigenvalue weighted by Gasteiger charge is 2.18. The largest absolute Gasteiger partial charge is 0.341 e. The summed E-state index contributed by atoms with van der Waals surface area (Å²) in [5.41, 5.74) is 0.977. The molecule has 17 heavy (non-hydrogen) atoms. The van der Waals surface area contributed by atoms with Crippen molar-refractivity contribution >= 4 is 17.5 Å². The number of hydrogen-bond acceptors (Lipinski definition) is 3. The fourth-order valence-corrected chi connectivity index (χ4v) is 2.55. The van der Waals surface area contributed by atoms with Gasteiger partial charge in [-0.2, -0.15) is 0 Å². The number of alkyl halides is 1. The lowest BCUT2D eigenvalue weighted by Crippen LogP contribution is -2.32. The highest BCUT2D eigenvalue weighted by atomic mass is 35.5. The SMILES string of the molecule is CN(c1ncc(CCl)cn1)C1CCCCCC1. The summed E-state index contributed by atoms with van der Waals surface area (Å²) in [4.78, 5) is 11.0. The molecule has 1 fully saturated rings. The third-order valence-corrected chi connectivity index (χ3v) is 3.84. The van der Waals surface area contributed by atoms with E-state index < -0.39 is 0 Å². The molecule has 1 aromatic rings. The summed E-state index contributed by atoms with van der Waals surface area (Å²) < 4.78 is 0. The maximum absolute atomic E-state index is 5.74. The molecule has 0 amide bonds. The maximum Gasteiger partial charge on any atom is 0.225 e. The molecule has 0 N–H and O–H groups in total. The van der Waals surface area contributed by atoms with Crippen molar-refractivity contribution in [3.63, 3.8) is 0 Å². The monoisotopic (exact) mass is 253 g/mol. The lowest BCUT2D eigenvalue weighted by Gasteiger charge is -2.27. The highest BCUT2D eigenvalue weighted by molar-refractivity contribution is 6.17. The van der Waals surface area contributed by atoms with Gasteiger partial charge >= 0.3 is 0 Å². The Hall–Kier alpha value is -0.830. The average Bonchev–Trinajstić information content (AvgIpc) is 2.67. The van der Waals surface area contributed by atoms with Crippen LogP contribution in [0.5, 0.6) is 0 Å². The van der Waals surface area contributed by atoms with E-state index in [4.69, 9.17) is 11.6 Å². The van der Waals surface area contributed by atoms with Crippen LogP contribution in [0.4, 0.5) is 5.95 Å². The van der Waals surface area contributed by atoms with Crippen LogP contribution in [0.15, 0.2) is 12.4 Å². The molecule has 0 saturated heterocycles. The van der Waals surface area contributed by atoms with Crippen LogP contribution in [0.2, 0.25) is 0 Å². The van der Waals surface area contributed by atoms with Gasteiger partial charge in [0.15, 0.2) is 0 Å². The van der Waals surface area contributed by atoms with Crippen molar-refractivity contribution in [3.8, 4) is 0 Å². The van der Waals surface area contributed by atoms with E-state index in [0.29, 0.717) is 11.9 Å². The van der Waals surface area contributed by atoms with Crippen LogP contribution in [-0.2, 0) is 5.88 Å². The van der Waals surface area contributed by atoms with Crippen molar-refractivity contribution in [2.75, 3.05) is 11.9 Å². The fourth-order valence-electron chi connectivity index (χ4n) is 2.41. The number of aromatic nitrogens is 2. The smallest absolute Gasteiger partial charge is 0.225 e. The minimum atomic E-state index is 0.480. The normalized spacial score (nSPS) is 17.8. The van der Waals surface area contributed by atoms with Crippen LogP contribution in [0.1, 0.15) is 44.1 Å². The molecule has 1 aromatic heterocycles. The lowest BCUT2D eigenvalue weighted by molar-refractivity contribution is 0.544. The number of hydrogen-bond donors (Lipinski definition) is 0. The van der Waals surface area contributed by atoms with Gasteiger partial charge in [-0.3, -0.25) is 0 Å². The van der Waals surface area contributed by atoms with Crippen molar-refractivity contribution in [3.05, 3.63) is 18.0 Å². The summed E-state index contributed by atoms with van der Waals surface area (Å²) in [5, 5.41) is 0. The zero-order valence-corrected chi connectivity index (χ0v) is 11.2. The van der Waals surface area contributed by atoms with Crippen LogP contribution >= 0.6 is 11.6 Å². The zero-order chi connectivity index (χ0) is 12.1. The molecule has 0 unspecified atom stereocenters. The first-order valence-corrected chi connectivity index (χ1v) is 6.94. The number of nitrogens with zero attached hydrogens (tertiary/aromatic N) is 3. The third-order valence-electron chi connectivity index (χ3n) is 3.53. The van der Waals surface area contributed by atoms with E-state index in [2.05, 4.69) is 21.9 Å². The summed E-state index contributed by atoms with van der Waals surface area (Å²) in [6.07, 6.45) is 11.6. The van der Waals surface area contributed by atoms with Crippen LogP contribution in [0.3, 0.4) is 0 Å². The second-order valence-corrected chi connectivity index (χ2v) is 5.05. The Kier molecular flexibility index (Phi) is 4.60. The van der Waals surface area contributed by atoms with Crippen molar-refractivity contribution in [1.82, 2.24) is 9.97 Å². The molecule has 2 rings (SSSR count). The molecule has 0 atom stereocenters. The van der Waals surface area contributed by atoms with E-state index in [1.54, 1.807) is 0 Å². The minimum Gasteiger partial charge on any atom is -0.341 e. The minimum absolute atomic E-state index is 0.480. The number of rotatable bonds is 3. The second-order valence-electron chi connectivity index (χ2n) is 4.78. The summed E-state index contributed by atoms with van der Waals surface area (Å²) in [7, 11) is 2.10. The molecule has 4 heteroatoms. The molecule has 3 nitrogen and oxygen atoms in total. The summed E-state index contributed by atoms with van der Waals surface area (Å²) in [6, 6.07) is 0.597. The van der Waals surface area contributed by atoms with Gasteiger partial charge in [-0.25, -0.2) is 9.97 Å². The van der Waals surface area contributed by atoms with Crippen molar-refractivity contribution < 1.29 is 0 Å². The molecule has 94 valence electrons. The summed E-state index contributed by atoms with van der Waals surface area (Å²) in [6.45, 7) is 0. The summed E-state index contributed by atoms with van der Waals surface area (Å²) in [5.74, 6) is 1.30. The Morgan fingerprint density at radius 2 is 1.76 bits per heavy atom. The van der Waals surface area contributed by atoms with Gasteiger partial charge in [0.05, 0.1) is 5.88 Å². The van der Waals surface area contributed by atoms with Gasteiger partial charge in [0.25, 0.3) is 0 Å². The van der Waals surface area contributed by atoms with Gasteiger partial charge in [0.1, 0.15) is 0 Å². The Morgan fingerprint density at radius 1 is 1.18 bits per heavy atom. The number of halogens is 1. The molecule has 0 bridgehead atoms. The van der Waals surface area contributed by atoms with E-state index in [1.807, 2.05) is 12.4 Å². The van der Waals surface area contributed by atoms with Crippen molar-refractivity contribution in [2.45, 2.75) is 50.4 Å². The predicted molar refractivity (Wildman–Crippen MR) is 71.5 cm³/mol. The van der Waals surface area contributed by atoms with Crippen molar-refractivity contribution in [1.29, 1.82) is 0 Å². The standard InChI is InChI=1S/C13H20ClN3/c1-17(12-6-4-2-3-5-7-12)13-15-9-11(8-14)10-16-13/h9-10,12H,2-8H2,1H3. The first-order chi connectivity index (χ1) is 8.31. The van der Waals surface area contributed by atoms with Crippen molar-refractivity contribution in [2.24, 2.45) is 0 Å². The quantitative estimate of drug-likeness (QED) is 0.611. The van der Waals surface area contributed by atoms with Crippen LogP contribution in [0.25, 0.3) is 0 Å². The molecular weight excluding hydrogens is 234 g/mol. The molecule has 0 aliphatic heterocycles. The van der Waals surface area contributed by atoms with E-state index in [1.165, 1.54) is 38.5 Å². The lowest BCUT2D eigenvalue weighted by atomic mass is 10.1. The van der Waals surface area contributed by atoms with Gasteiger partial charge < -0.3 is 4.90 Å². The Balaban J connectivity index is 2.03. The van der Waals surface area contributed by atoms with Gasteiger partial charge in [0, 0.05) is 31.0 Å². The molecule has 0 radical (unpaired) electrons. The average molecular weight is 254 g/mol. The van der Waals surface area contributed by atoms with E-state index in [0.717, 1.165) is 11.5 Å². The van der Waals surface area contributed by atoms with Crippen LogP contribution in [0, 0.1) is 0 Å². The summed E-state index contributed by atoms with van der Waals surface area (Å²) >= 11 is 5.74. The van der Waals surface area contributed by atoms with Gasteiger partial charge in [-0.15, -0.1) is 11.6 Å². The highest BCUT2D eigenvalue weighted by Crippen LogP contribution is 2.23. The third kappa shape index (κ3) is 3.32. The number of anilines is 1. The molecule has 1 saturated carbocycles. The Labute approximate surface area is 108 Å². The zero-order valence-electron chi connectivity index (χ0n) is 10.4. The fraction of sp³-hybridized carbons (Fsp3) is 0.692. The van der Waals surface area contributed by atoms with Gasteiger partial charge in [0.2, 0.25) is 5.95 Å². The second kappa shape index (κ2) is 6.20. The van der Waals surface area contributed by atoms with Crippen LogP contribution < -0.4 is 4.90 Å². The molecular formula is C13H20ClN3. The Bertz CT molecular complexity index is 331. The maximum atomic E-state index is 5.74.